The molecule has 0 radical (unpaired) electrons. The van der Waals surface area contributed by atoms with E-state index in [1.54, 1.807) is 11.9 Å². The fraction of sp³-hybridized carbons (Fsp3) is 0.727. The van der Waals surface area contributed by atoms with Gasteiger partial charge in [0.05, 0.1) is 13.0 Å². The molecule has 0 bridgehead atoms. The molecule has 0 spiro atoms. The van der Waals surface area contributed by atoms with Crippen molar-refractivity contribution in [3.8, 4) is 0 Å². The lowest BCUT2D eigenvalue weighted by Crippen LogP contribution is -2.43. The Morgan fingerprint density at radius 1 is 1.41 bits per heavy atom. The summed E-state index contributed by atoms with van der Waals surface area (Å²) in [7, 11) is 1.56. The number of carboxylic acid groups (broad SMARTS) is 1. The van der Waals surface area contributed by atoms with Gasteiger partial charge < -0.3 is 14.9 Å². The van der Waals surface area contributed by atoms with Gasteiger partial charge in [-0.3, -0.25) is 14.4 Å². The normalized spacial score (nSPS) is 19.2. The summed E-state index contributed by atoms with van der Waals surface area (Å²) in [6.07, 6.45) is 1.53. The molecule has 1 N–H and O–H groups in total. The van der Waals surface area contributed by atoms with Crippen LogP contribution in [0.1, 0.15) is 26.2 Å². The first-order valence-corrected chi connectivity index (χ1v) is 5.64. The molecule has 0 saturated carbocycles. The Labute approximate surface area is 100 Å². The smallest absolute Gasteiger partial charge is 0.305 e. The van der Waals surface area contributed by atoms with Crippen molar-refractivity contribution >= 4 is 17.8 Å². The topological polar surface area (TPSA) is 77.9 Å². The summed E-state index contributed by atoms with van der Waals surface area (Å²) in [5.74, 6) is -1.24. The van der Waals surface area contributed by atoms with Gasteiger partial charge in [0.15, 0.2) is 0 Å². The zero-order chi connectivity index (χ0) is 13.0. The Balaban J connectivity index is 2.55. The van der Waals surface area contributed by atoms with Gasteiger partial charge in [-0.1, -0.05) is 0 Å². The molecule has 1 aliphatic heterocycles. The van der Waals surface area contributed by atoms with E-state index in [0.717, 1.165) is 12.8 Å². The van der Waals surface area contributed by atoms with Crippen LogP contribution in [-0.2, 0) is 14.4 Å². The second-order valence-electron chi connectivity index (χ2n) is 4.36. The molecule has 0 aliphatic carbocycles. The lowest BCUT2D eigenvalue weighted by molar-refractivity contribution is -0.142. The number of carbonyl (C=O) groups is 3. The van der Waals surface area contributed by atoms with E-state index in [4.69, 9.17) is 5.11 Å². The van der Waals surface area contributed by atoms with Crippen LogP contribution in [0.25, 0.3) is 0 Å². The largest absolute Gasteiger partial charge is 0.481 e. The van der Waals surface area contributed by atoms with Crippen LogP contribution in [0.15, 0.2) is 0 Å². The number of hydrogen-bond acceptors (Lipinski definition) is 3. The molecule has 1 saturated heterocycles. The second-order valence-corrected chi connectivity index (χ2v) is 4.36. The molecule has 1 unspecified atom stereocenters. The summed E-state index contributed by atoms with van der Waals surface area (Å²) in [5.41, 5.74) is 0. The van der Waals surface area contributed by atoms with E-state index >= 15 is 0 Å². The number of amides is 2. The van der Waals surface area contributed by atoms with Gasteiger partial charge in [0.1, 0.15) is 0 Å². The fourth-order valence-electron chi connectivity index (χ4n) is 1.98. The molecule has 6 nitrogen and oxygen atoms in total. The Morgan fingerprint density at radius 2 is 2.06 bits per heavy atom. The van der Waals surface area contributed by atoms with Crippen LogP contribution >= 0.6 is 0 Å². The van der Waals surface area contributed by atoms with Crippen LogP contribution in [0.2, 0.25) is 0 Å². The minimum absolute atomic E-state index is 0.0183. The average Bonchev–Trinajstić information content (AvgIpc) is 2.64. The van der Waals surface area contributed by atoms with Gasteiger partial charge in [-0.2, -0.15) is 0 Å². The van der Waals surface area contributed by atoms with Gasteiger partial charge >= 0.3 is 5.97 Å². The molecule has 0 aromatic rings. The first-order valence-electron chi connectivity index (χ1n) is 5.64. The van der Waals surface area contributed by atoms with E-state index in [1.807, 2.05) is 0 Å². The number of carboxylic acids is 1. The summed E-state index contributed by atoms with van der Waals surface area (Å²) in [6.45, 7) is 2.00. The number of likely N-dealkylation sites (tertiary alicyclic amines) is 1. The molecule has 1 atom stereocenters. The number of rotatable bonds is 4. The summed E-state index contributed by atoms with van der Waals surface area (Å²) in [4.78, 5) is 36.5. The molecule has 0 aromatic carbocycles. The van der Waals surface area contributed by atoms with Crippen LogP contribution in [0, 0.1) is 0 Å². The molecule has 1 heterocycles. The summed E-state index contributed by atoms with van der Waals surface area (Å²) in [5, 5.41) is 8.74. The third kappa shape index (κ3) is 3.72. The van der Waals surface area contributed by atoms with Crippen LogP contribution < -0.4 is 0 Å². The average molecular weight is 242 g/mol. The summed E-state index contributed by atoms with van der Waals surface area (Å²) in [6, 6.07) is -0.222. The Hall–Kier alpha value is -1.59. The maximum atomic E-state index is 11.9. The lowest BCUT2D eigenvalue weighted by atomic mass is 10.1. The number of carbonyl (C=O) groups excluding carboxylic acids is 2. The lowest BCUT2D eigenvalue weighted by Gasteiger charge is -2.25. The zero-order valence-electron chi connectivity index (χ0n) is 10.2. The van der Waals surface area contributed by atoms with Gasteiger partial charge in [-0.05, 0) is 12.8 Å². The maximum absolute atomic E-state index is 11.9. The molecule has 17 heavy (non-hydrogen) atoms. The van der Waals surface area contributed by atoms with Crippen molar-refractivity contribution in [1.82, 2.24) is 9.80 Å². The predicted molar refractivity (Wildman–Crippen MR) is 60.3 cm³/mol. The van der Waals surface area contributed by atoms with Gasteiger partial charge in [-0.15, -0.1) is 0 Å². The van der Waals surface area contributed by atoms with Crippen LogP contribution in [0.4, 0.5) is 0 Å². The van der Waals surface area contributed by atoms with Gasteiger partial charge in [0, 0.05) is 26.6 Å². The highest BCUT2D eigenvalue weighted by Gasteiger charge is 2.30. The van der Waals surface area contributed by atoms with Crippen molar-refractivity contribution < 1.29 is 19.5 Å². The van der Waals surface area contributed by atoms with E-state index in [9.17, 15) is 14.4 Å². The van der Waals surface area contributed by atoms with Gasteiger partial charge in [0.2, 0.25) is 11.8 Å². The van der Waals surface area contributed by atoms with Crippen molar-refractivity contribution in [2.24, 2.45) is 0 Å². The third-order valence-corrected chi connectivity index (χ3v) is 3.02. The highest BCUT2D eigenvalue weighted by molar-refractivity contribution is 5.84. The minimum atomic E-state index is -0.894. The van der Waals surface area contributed by atoms with Crippen molar-refractivity contribution in [3.05, 3.63) is 0 Å². The standard InChI is InChI=1S/C11H18N2O4/c1-8(14)12(2)7-10(15)13-5-3-4-9(13)6-11(16)17/h9H,3-7H2,1-2H3,(H,16,17). The number of nitrogens with zero attached hydrogens (tertiary/aromatic N) is 2. The van der Waals surface area contributed by atoms with Crippen LogP contribution in [0.5, 0.6) is 0 Å². The number of aliphatic carboxylic acids is 1. The van der Waals surface area contributed by atoms with Gasteiger partial charge in [-0.25, -0.2) is 0 Å². The molecular weight excluding hydrogens is 224 g/mol. The Morgan fingerprint density at radius 3 is 2.59 bits per heavy atom. The van der Waals surface area contributed by atoms with E-state index in [2.05, 4.69) is 0 Å². The number of hydrogen-bond donors (Lipinski definition) is 1. The third-order valence-electron chi connectivity index (χ3n) is 3.02. The molecular formula is C11H18N2O4. The van der Waals surface area contributed by atoms with E-state index in [1.165, 1.54) is 11.8 Å². The number of likely N-dealkylation sites (N-methyl/N-ethyl adjacent to an activating group) is 1. The first-order chi connectivity index (χ1) is 7.91. The van der Waals surface area contributed by atoms with Crippen molar-refractivity contribution in [1.29, 1.82) is 0 Å². The monoisotopic (exact) mass is 242 g/mol. The minimum Gasteiger partial charge on any atom is -0.481 e. The van der Waals surface area contributed by atoms with E-state index in [-0.39, 0.29) is 30.8 Å². The van der Waals surface area contributed by atoms with Crippen LogP contribution in [0.3, 0.4) is 0 Å². The maximum Gasteiger partial charge on any atom is 0.305 e. The molecule has 0 aromatic heterocycles. The SMILES string of the molecule is CC(=O)N(C)CC(=O)N1CCCC1CC(=O)O. The zero-order valence-corrected chi connectivity index (χ0v) is 10.2. The van der Waals surface area contributed by atoms with Crippen LogP contribution in [-0.4, -0.2) is 58.9 Å². The van der Waals surface area contributed by atoms with E-state index in [0.29, 0.717) is 6.54 Å². The predicted octanol–water partition coefficient (Wildman–Crippen LogP) is -0.0696. The second kappa shape index (κ2) is 5.65. The molecule has 2 amide bonds. The Kier molecular flexibility index (Phi) is 4.48. The first kappa shape index (κ1) is 13.5. The van der Waals surface area contributed by atoms with Crippen molar-refractivity contribution in [2.45, 2.75) is 32.2 Å². The fourth-order valence-corrected chi connectivity index (χ4v) is 1.98. The highest BCUT2D eigenvalue weighted by atomic mass is 16.4. The molecule has 1 aliphatic rings. The Bertz CT molecular complexity index is 329. The molecule has 1 fully saturated rings. The summed E-state index contributed by atoms with van der Waals surface area (Å²) >= 11 is 0. The molecule has 96 valence electrons. The van der Waals surface area contributed by atoms with E-state index < -0.39 is 5.97 Å². The molecule has 1 rings (SSSR count). The quantitative estimate of drug-likeness (QED) is 0.748. The molecule has 6 heteroatoms. The highest BCUT2D eigenvalue weighted by Crippen LogP contribution is 2.20. The van der Waals surface area contributed by atoms with Crippen molar-refractivity contribution in [2.75, 3.05) is 20.1 Å². The summed E-state index contributed by atoms with van der Waals surface area (Å²) < 4.78 is 0. The van der Waals surface area contributed by atoms with Gasteiger partial charge in [0.25, 0.3) is 0 Å². The van der Waals surface area contributed by atoms with Crippen molar-refractivity contribution in [3.63, 3.8) is 0 Å².